The third kappa shape index (κ3) is 3.79. The number of hydrogen-bond acceptors (Lipinski definition) is 4. The number of hydrogen-bond donors (Lipinski definition) is 1. The van der Waals surface area contributed by atoms with Crippen LogP contribution in [0.2, 0.25) is 0 Å². The fraction of sp³-hybridized carbons (Fsp3) is 0.278. The van der Waals surface area contributed by atoms with Gasteiger partial charge in [0.25, 0.3) is 0 Å². The van der Waals surface area contributed by atoms with Gasteiger partial charge in [-0.05, 0) is 48.6 Å². The van der Waals surface area contributed by atoms with Crippen LogP contribution in [-0.4, -0.2) is 15.7 Å². The number of pyridine rings is 2. The standard InChI is InChI=1S/C18H20N4/c1-18(2)12-14(21-16-7-3-5-9-19-16)11-15(13-18)22-17-8-4-6-10-20-17/h3-11H,12-13H2,1-2H3,(H,19,21)/b22-15-. The zero-order chi connectivity index (χ0) is 15.4. The molecule has 0 saturated carbocycles. The summed E-state index contributed by atoms with van der Waals surface area (Å²) in [5.41, 5.74) is 2.36. The molecule has 0 fully saturated rings. The molecular weight excluding hydrogens is 272 g/mol. The van der Waals surface area contributed by atoms with Gasteiger partial charge in [-0.1, -0.05) is 26.0 Å². The Labute approximate surface area is 131 Å². The Balaban J connectivity index is 1.87. The molecule has 2 aromatic heterocycles. The van der Waals surface area contributed by atoms with Crippen molar-refractivity contribution in [1.29, 1.82) is 0 Å². The Morgan fingerprint density at radius 1 is 1.00 bits per heavy atom. The summed E-state index contributed by atoms with van der Waals surface area (Å²) in [4.78, 5) is 13.3. The lowest BCUT2D eigenvalue weighted by Gasteiger charge is -2.30. The highest BCUT2D eigenvalue weighted by molar-refractivity contribution is 5.98. The van der Waals surface area contributed by atoms with Gasteiger partial charge in [-0.15, -0.1) is 0 Å². The number of aromatic nitrogens is 2. The zero-order valence-corrected chi connectivity index (χ0v) is 13.0. The smallest absolute Gasteiger partial charge is 0.152 e. The fourth-order valence-electron chi connectivity index (χ4n) is 2.69. The van der Waals surface area contributed by atoms with Gasteiger partial charge in [0, 0.05) is 23.8 Å². The second-order valence-electron chi connectivity index (χ2n) is 6.32. The summed E-state index contributed by atoms with van der Waals surface area (Å²) in [5, 5.41) is 3.40. The molecule has 1 aliphatic carbocycles. The molecule has 0 unspecified atom stereocenters. The van der Waals surface area contributed by atoms with Crippen LogP contribution in [0.15, 0.2) is 65.6 Å². The van der Waals surface area contributed by atoms with Crippen LogP contribution < -0.4 is 5.32 Å². The van der Waals surface area contributed by atoms with Crippen molar-refractivity contribution in [2.24, 2.45) is 10.4 Å². The van der Waals surface area contributed by atoms with E-state index in [1.807, 2.05) is 36.4 Å². The van der Waals surface area contributed by atoms with Crippen molar-refractivity contribution in [2.75, 3.05) is 5.32 Å². The van der Waals surface area contributed by atoms with Gasteiger partial charge in [-0.25, -0.2) is 15.0 Å². The van der Waals surface area contributed by atoms with Crippen LogP contribution in [-0.2, 0) is 0 Å². The molecule has 2 aromatic rings. The third-order valence-electron chi connectivity index (χ3n) is 3.53. The highest BCUT2D eigenvalue weighted by Gasteiger charge is 2.26. The molecule has 0 radical (unpaired) electrons. The minimum Gasteiger partial charge on any atom is -0.344 e. The number of nitrogens with one attached hydrogen (secondary N) is 1. The lowest BCUT2D eigenvalue weighted by atomic mass is 9.78. The van der Waals surface area contributed by atoms with Crippen LogP contribution in [0.5, 0.6) is 0 Å². The van der Waals surface area contributed by atoms with Crippen molar-refractivity contribution in [1.82, 2.24) is 9.97 Å². The Hall–Kier alpha value is -2.49. The van der Waals surface area contributed by atoms with Crippen LogP contribution in [0.1, 0.15) is 26.7 Å². The summed E-state index contributed by atoms with van der Waals surface area (Å²) < 4.78 is 0. The van der Waals surface area contributed by atoms with E-state index in [4.69, 9.17) is 0 Å². The van der Waals surface area contributed by atoms with Gasteiger partial charge >= 0.3 is 0 Å². The first-order chi connectivity index (χ1) is 10.6. The average molecular weight is 292 g/mol. The maximum atomic E-state index is 4.67. The largest absolute Gasteiger partial charge is 0.344 e. The first kappa shape index (κ1) is 14.4. The molecule has 0 bridgehead atoms. The molecule has 1 aliphatic rings. The quantitative estimate of drug-likeness (QED) is 0.914. The molecule has 3 rings (SSSR count). The van der Waals surface area contributed by atoms with Crippen LogP contribution in [0, 0.1) is 5.41 Å². The summed E-state index contributed by atoms with van der Waals surface area (Å²) in [6, 6.07) is 11.6. The minimum absolute atomic E-state index is 0.166. The Bertz CT molecular complexity index is 688. The monoisotopic (exact) mass is 292 g/mol. The molecule has 4 heteroatoms. The fourth-order valence-corrected chi connectivity index (χ4v) is 2.69. The SMILES string of the molecule is CC1(C)CC(Nc2ccccn2)=C/C(=N/c2ccccn2)C1. The lowest BCUT2D eigenvalue weighted by Crippen LogP contribution is -2.24. The van der Waals surface area contributed by atoms with E-state index in [9.17, 15) is 0 Å². The second-order valence-corrected chi connectivity index (χ2v) is 6.32. The molecule has 2 heterocycles. The highest BCUT2D eigenvalue weighted by Crippen LogP contribution is 2.34. The maximum absolute atomic E-state index is 4.67. The molecular formula is C18H20N4. The van der Waals surface area contributed by atoms with Crippen molar-refractivity contribution >= 4 is 17.3 Å². The van der Waals surface area contributed by atoms with E-state index < -0.39 is 0 Å². The van der Waals surface area contributed by atoms with E-state index in [0.29, 0.717) is 0 Å². The molecule has 22 heavy (non-hydrogen) atoms. The lowest BCUT2D eigenvalue weighted by molar-refractivity contribution is 0.374. The minimum atomic E-state index is 0.166. The van der Waals surface area contributed by atoms with E-state index in [1.165, 1.54) is 0 Å². The van der Waals surface area contributed by atoms with Crippen molar-refractivity contribution in [3.8, 4) is 0 Å². The Morgan fingerprint density at radius 3 is 2.45 bits per heavy atom. The van der Waals surface area contributed by atoms with Crippen molar-refractivity contribution in [3.05, 3.63) is 60.6 Å². The van der Waals surface area contributed by atoms with Crippen LogP contribution in [0.3, 0.4) is 0 Å². The van der Waals surface area contributed by atoms with Crippen molar-refractivity contribution in [2.45, 2.75) is 26.7 Å². The van der Waals surface area contributed by atoms with Gasteiger partial charge in [0.1, 0.15) is 5.82 Å². The van der Waals surface area contributed by atoms with Gasteiger partial charge in [-0.3, -0.25) is 0 Å². The molecule has 0 amide bonds. The van der Waals surface area contributed by atoms with Crippen molar-refractivity contribution < 1.29 is 0 Å². The van der Waals surface area contributed by atoms with Gasteiger partial charge in [0.15, 0.2) is 5.82 Å². The van der Waals surface area contributed by atoms with Crippen LogP contribution in [0.25, 0.3) is 0 Å². The molecule has 0 saturated heterocycles. The predicted octanol–water partition coefficient (Wildman–Crippen LogP) is 4.37. The predicted molar refractivity (Wildman–Crippen MR) is 90.3 cm³/mol. The summed E-state index contributed by atoms with van der Waals surface area (Å²) >= 11 is 0. The molecule has 0 spiro atoms. The van der Waals surface area contributed by atoms with E-state index in [2.05, 4.69) is 40.2 Å². The topological polar surface area (TPSA) is 50.2 Å². The summed E-state index contributed by atoms with van der Waals surface area (Å²) in [7, 11) is 0. The second kappa shape index (κ2) is 6.10. The van der Waals surface area contributed by atoms with E-state index in [0.717, 1.165) is 35.9 Å². The highest BCUT2D eigenvalue weighted by atomic mass is 15.0. The zero-order valence-electron chi connectivity index (χ0n) is 13.0. The van der Waals surface area contributed by atoms with Crippen LogP contribution in [0.4, 0.5) is 11.6 Å². The molecule has 0 atom stereocenters. The Kier molecular flexibility index (Phi) is 4.00. The summed E-state index contributed by atoms with van der Waals surface area (Å²) in [6.07, 6.45) is 7.60. The first-order valence-corrected chi connectivity index (χ1v) is 7.48. The number of allylic oxidation sites excluding steroid dienone is 2. The number of anilines is 1. The van der Waals surface area contributed by atoms with E-state index >= 15 is 0 Å². The third-order valence-corrected chi connectivity index (χ3v) is 3.53. The maximum Gasteiger partial charge on any atom is 0.152 e. The van der Waals surface area contributed by atoms with Crippen LogP contribution >= 0.6 is 0 Å². The number of rotatable bonds is 3. The van der Waals surface area contributed by atoms with Crippen molar-refractivity contribution in [3.63, 3.8) is 0 Å². The first-order valence-electron chi connectivity index (χ1n) is 7.48. The van der Waals surface area contributed by atoms with Gasteiger partial charge in [-0.2, -0.15) is 0 Å². The molecule has 1 N–H and O–H groups in total. The summed E-state index contributed by atoms with van der Waals surface area (Å²) in [5.74, 6) is 1.62. The van der Waals surface area contributed by atoms with E-state index in [1.54, 1.807) is 12.4 Å². The number of nitrogens with zero attached hydrogens (tertiary/aromatic N) is 3. The molecule has 112 valence electrons. The van der Waals surface area contributed by atoms with E-state index in [-0.39, 0.29) is 5.41 Å². The number of aliphatic imine (C=N–C) groups is 1. The normalized spacial score (nSPS) is 18.8. The van der Waals surface area contributed by atoms with Gasteiger partial charge in [0.05, 0.1) is 0 Å². The van der Waals surface area contributed by atoms with Gasteiger partial charge < -0.3 is 5.32 Å². The Morgan fingerprint density at radius 2 is 1.77 bits per heavy atom. The molecule has 0 aromatic carbocycles. The van der Waals surface area contributed by atoms with Gasteiger partial charge in [0.2, 0.25) is 0 Å². The molecule has 4 nitrogen and oxygen atoms in total. The average Bonchev–Trinajstić information content (AvgIpc) is 2.47. The molecule has 0 aliphatic heterocycles. The summed E-state index contributed by atoms with van der Waals surface area (Å²) in [6.45, 7) is 4.52.